The van der Waals surface area contributed by atoms with Gasteiger partial charge in [-0.25, -0.2) is 0 Å². The van der Waals surface area contributed by atoms with Gasteiger partial charge in [-0.05, 0) is 179 Å². The van der Waals surface area contributed by atoms with Crippen LogP contribution in [-0.2, 0) is 5.41 Å². The van der Waals surface area contributed by atoms with Crippen LogP contribution in [0.4, 0.5) is 0 Å². The molecule has 0 aliphatic carbocycles. The van der Waals surface area contributed by atoms with E-state index in [0.29, 0.717) is 53.3 Å². The second-order valence-corrected chi connectivity index (χ2v) is 27.7. The van der Waals surface area contributed by atoms with Gasteiger partial charge in [0.05, 0.1) is 0 Å². The van der Waals surface area contributed by atoms with Gasteiger partial charge < -0.3 is 0 Å². The molecule has 0 heteroatoms. The standard InChI is InChI=1S/C13H20.C12H18.2C11H16.3C10H14.C9H12/c1-10(2)11-6-8-12(9-7-11)13(3,4)5;1-9(2)11-5-7-12(8-6-11)10(3)4;1-8(2)11-6-9(3)5-10(4)7-11;1-8(2)11-9(3)6-5-7-10(11)4;1-8(2)10-6-4-9(3)5-7-10;1-8(2)10-6-4-5-9(3)7-10;1-8(2)10-7-5-4-6-9(10)3;1-8(2)9-6-4-3-5-7-9/h6-10H,1-5H3;5-10H,1-4H3;2*5-8H,1-4H3;3*4-8H,1-3H3;3-8H,1-2H3. The molecule has 8 aromatic carbocycles. The summed E-state index contributed by atoms with van der Waals surface area (Å²) in [6.07, 6.45) is 0. The molecule has 0 nitrogen and oxygen atoms in total. The summed E-state index contributed by atoms with van der Waals surface area (Å²) in [7, 11) is 0. The van der Waals surface area contributed by atoms with Crippen molar-refractivity contribution in [1.82, 2.24) is 0 Å². The van der Waals surface area contributed by atoms with E-state index in [2.05, 4.69) is 376 Å². The third-order valence-corrected chi connectivity index (χ3v) is 15.5. The molecule has 0 aliphatic rings. The van der Waals surface area contributed by atoms with Crippen molar-refractivity contribution in [1.29, 1.82) is 0 Å². The fraction of sp³-hybridized carbons (Fsp3) is 0.442. The molecule has 0 unspecified atom stereocenters. The molecule has 0 saturated heterocycles. The summed E-state index contributed by atoms with van der Waals surface area (Å²) in [5.74, 6) is 5.84. The Morgan fingerprint density at radius 3 is 0.837 bits per heavy atom. The normalized spacial score (nSPS) is 10.8. The molecule has 468 valence electrons. The van der Waals surface area contributed by atoms with Crippen LogP contribution in [0.25, 0.3) is 0 Å². The van der Waals surface area contributed by atoms with Gasteiger partial charge in [0.25, 0.3) is 0 Å². The van der Waals surface area contributed by atoms with E-state index in [1.54, 1.807) is 0 Å². The first-order valence-corrected chi connectivity index (χ1v) is 32.7. The molecule has 0 atom stereocenters. The number of hydrogen-bond acceptors (Lipinski definition) is 0. The molecule has 0 amide bonds. The lowest BCUT2D eigenvalue weighted by Gasteiger charge is -2.19. The Balaban J connectivity index is 0.000000492. The van der Waals surface area contributed by atoms with Crippen molar-refractivity contribution < 1.29 is 0 Å². The fourth-order valence-corrected chi connectivity index (χ4v) is 9.77. The van der Waals surface area contributed by atoms with Gasteiger partial charge >= 0.3 is 0 Å². The molecule has 0 aromatic heterocycles. The zero-order chi connectivity index (χ0) is 65.4. The first-order chi connectivity index (χ1) is 40.2. The summed E-state index contributed by atoms with van der Waals surface area (Å²) in [6.45, 7) is 61.9. The Morgan fingerprint density at radius 2 is 0.535 bits per heavy atom. The fourth-order valence-electron chi connectivity index (χ4n) is 9.77. The van der Waals surface area contributed by atoms with Gasteiger partial charge in [0.1, 0.15) is 0 Å². The van der Waals surface area contributed by atoms with Crippen molar-refractivity contribution in [2.24, 2.45) is 0 Å². The second kappa shape index (κ2) is 40.3. The maximum absolute atomic E-state index is 2.26. The Bertz CT molecular complexity index is 2950. The quantitative estimate of drug-likeness (QED) is 0.135. The lowest BCUT2D eigenvalue weighted by atomic mass is 9.86. The topological polar surface area (TPSA) is 0 Å². The van der Waals surface area contributed by atoms with Gasteiger partial charge in [0.2, 0.25) is 0 Å². The molecular formula is C86H124. The predicted molar refractivity (Wildman–Crippen MR) is 390 cm³/mol. The molecule has 0 aliphatic heterocycles. The lowest BCUT2D eigenvalue weighted by molar-refractivity contribution is 0.589. The van der Waals surface area contributed by atoms with Crippen molar-refractivity contribution in [3.63, 3.8) is 0 Å². The minimum atomic E-state index is 0.273. The summed E-state index contributed by atoms with van der Waals surface area (Å²) < 4.78 is 0. The van der Waals surface area contributed by atoms with E-state index in [9.17, 15) is 0 Å². The summed E-state index contributed by atoms with van der Waals surface area (Å²) in [6, 6.07) is 67.6. The van der Waals surface area contributed by atoms with Crippen LogP contribution in [0.15, 0.2) is 188 Å². The Kier molecular flexibility index (Phi) is 36.4. The van der Waals surface area contributed by atoms with Crippen LogP contribution < -0.4 is 0 Å². The third-order valence-electron chi connectivity index (χ3n) is 15.5. The minimum Gasteiger partial charge on any atom is -0.0622 e. The minimum absolute atomic E-state index is 0.273. The van der Waals surface area contributed by atoms with Gasteiger partial charge in [-0.3, -0.25) is 0 Å². The van der Waals surface area contributed by atoms with Gasteiger partial charge in [-0.2, -0.15) is 0 Å². The molecule has 0 bridgehead atoms. The van der Waals surface area contributed by atoms with Crippen molar-refractivity contribution in [3.8, 4) is 0 Å². The van der Waals surface area contributed by atoms with E-state index in [1.165, 1.54) is 94.6 Å². The average molecular weight is 1160 g/mol. The summed E-state index contributed by atoms with van der Waals surface area (Å²) in [5, 5.41) is 0. The van der Waals surface area contributed by atoms with E-state index in [1.807, 2.05) is 6.07 Å². The number of hydrogen-bond donors (Lipinski definition) is 0. The third kappa shape index (κ3) is 31.4. The number of rotatable bonds is 9. The first kappa shape index (κ1) is 77.8. The van der Waals surface area contributed by atoms with Crippen LogP contribution in [0.1, 0.15) is 293 Å². The average Bonchev–Trinajstić information content (AvgIpc) is 3.49. The van der Waals surface area contributed by atoms with Crippen LogP contribution in [0, 0.1) is 48.5 Å². The summed E-state index contributed by atoms with van der Waals surface area (Å²) >= 11 is 0. The van der Waals surface area contributed by atoms with Gasteiger partial charge in [0.15, 0.2) is 0 Å². The molecule has 0 spiro atoms. The smallest absolute Gasteiger partial charge is 0.0132 e. The number of aryl methyl sites for hydroxylation is 7. The van der Waals surface area contributed by atoms with Crippen molar-refractivity contribution >= 4 is 0 Å². The van der Waals surface area contributed by atoms with Crippen LogP contribution >= 0.6 is 0 Å². The first-order valence-electron chi connectivity index (χ1n) is 32.7. The molecule has 0 N–H and O–H groups in total. The van der Waals surface area contributed by atoms with E-state index >= 15 is 0 Å². The molecule has 86 heavy (non-hydrogen) atoms. The lowest BCUT2D eigenvalue weighted by Crippen LogP contribution is -2.10. The van der Waals surface area contributed by atoms with E-state index in [0.717, 1.165) is 0 Å². The largest absolute Gasteiger partial charge is 0.0622 e. The van der Waals surface area contributed by atoms with Gasteiger partial charge in [-0.15, -0.1) is 0 Å². The highest BCUT2D eigenvalue weighted by atomic mass is 14.2. The molecule has 0 heterocycles. The Morgan fingerprint density at radius 1 is 0.221 bits per heavy atom. The highest BCUT2D eigenvalue weighted by Gasteiger charge is 2.13. The summed E-state index contributed by atoms with van der Waals surface area (Å²) in [4.78, 5) is 0. The van der Waals surface area contributed by atoms with Crippen LogP contribution in [0.2, 0.25) is 0 Å². The van der Waals surface area contributed by atoms with E-state index in [4.69, 9.17) is 0 Å². The highest BCUT2D eigenvalue weighted by Crippen LogP contribution is 2.26. The van der Waals surface area contributed by atoms with Crippen molar-refractivity contribution in [2.75, 3.05) is 0 Å². The van der Waals surface area contributed by atoms with Crippen LogP contribution in [-0.4, -0.2) is 0 Å². The molecule has 8 aromatic rings. The van der Waals surface area contributed by atoms with Gasteiger partial charge in [-0.1, -0.05) is 356 Å². The zero-order valence-corrected chi connectivity index (χ0v) is 60.1. The maximum Gasteiger partial charge on any atom is -0.0132 e. The summed E-state index contributed by atoms with van der Waals surface area (Å²) in [5.41, 5.74) is 24.3. The van der Waals surface area contributed by atoms with Crippen LogP contribution in [0.3, 0.4) is 0 Å². The molecule has 0 radical (unpaired) electrons. The van der Waals surface area contributed by atoms with Crippen molar-refractivity contribution in [2.45, 2.75) is 253 Å². The second-order valence-electron chi connectivity index (χ2n) is 27.7. The SMILES string of the molecule is CC(C)c1ccc(C(C)(C)C)cc1.CC(C)c1ccc(C(C)C)cc1.CC(C)c1ccccc1.Cc1cc(C)cc(C(C)C)c1.Cc1ccc(C(C)C)cc1.Cc1cccc(C(C)C)c1.Cc1cccc(C)c1C(C)C.Cc1ccccc1C(C)C. The molecular weight excluding hydrogens is 1030 g/mol. The molecule has 0 fully saturated rings. The zero-order valence-electron chi connectivity index (χ0n) is 60.1. The van der Waals surface area contributed by atoms with Crippen LogP contribution in [0.5, 0.6) is 0 Å². The Labute approximate surface area is 532 Å². The highest BCUT2D eigenvalue weighted by molar-refractivity contribution is 5.36. The van der Waals surface area contributed by atoms with Crippen molar-refractivity contribution in [3.05, 3.63) is 283 Å². The molecule has 8 rings (SSSR count). The predicted octanol–water partition coefficient (Wildman–Crippen LogP) is 27.1. The van der Waals surface area contributed by atoms with Gasteiger partial charge in [0, 0.05) is 0 Å². The molecule has 0 saturated carbocycles. The maximum atomic E-state index is 2.26. The number of benzene rings is 8. The Hall–Kier alpha value is -6.24. The van der Waals surface area contributed by atoms with E-state index in [-0.39, 0.29) is 5.41 Å². The van der Waals surface area contributed by atoms with E-state index < -0.39 is 0 Å². The monoisotopic (exact) mass is 1160 g/mol.